The highest BCUT2D eigenvalue weighted by molar-refractivity contribution is 6.30. The maximum Gasteiger partial charge on any atom is 0.274 e. The van der Waals surface area contributed by atoms with Gasteiger partial charge in [0.05, 0.1) is 23.1 Å². The Morgan fingerprint density at radius 1 is 1.15 bits per heavy atom. The second-order valence-corrected chi connectivity index (χ2v) is 8.56. The minimum absolute atomic E-state index is 0.00374. The van der Waals surface area contributed by atoms with Crippen LogP contribution >= 0.6 is 11.6 Å². The van der Waals surface area contributed by atoms with Crippen LogP contribution in [0.4, 0.5) is 24.5 Å². The zero-order valence-corrected chi connectivity index (χ0v) is 18.4. The van der Waals surface area contributed by atoms with Crippen molar-refractivity contribution < 1.29 is 18.0 Å². The van der Waals surface area contributed by atoms with Crippen molar-refractivity contribution in [2.75, 3.05) is 23.3 Å². The Morgan fingerprint density at radius 3 is 2.58 bits per heavy atom. The van der Waals surface area contributed by atoms with Gasteiger partial charge in [0.15, 0.2) is 0 Å². The number of benzene rings is 1. The minimum atomic E-state index is -1.09. The first-order valence-electron chi connectivity index (χ1n) is 10.3. The Labute approximate surface area is 193 Å². The van der Waals surface area contributed by atoms with Crippen molar-refractivity contribution in [1.82, 2.24) is 9.97 Å². The molecule has 1 fully saturated rings. The molecule has 4 rings (SSSR count). The van der Waals surface area contributed by atoms with Crippen LogP contribution < -0.4 is 16.0 Å². The summed E-state index contributed by atoms with van der Waals surface area (Å²) in [6, 6.07) is 5.52. The SMILES string of the molecule is C[C@@H]1C[C@H](N)CN(c2ccncc2NC(=O)c2ccc(F)c(-c3c(F)cc(Cl)cc3F)n2)C1. The van der Waals surface area contributed by atoms with Gasteiger partial charge in [-0.2, -0.15) is 0 Å². The smallest absolute Gasteiger partial charge is 0.274 e. The van der Waals surface area contributed by atoms with Gasteiger partial charge in [-0.3, -0.25) is 9.78 Å². The third-order valence-corrected chi connectivity index (χ3v) is 5.62. The highest BCUT2D eigenvalue weighted by Crippen LogP contribution is 2.31. The number of rotatable bonds is 4. The highest BCUT2D eigenvalue weighted by atomic mass is 35.5. The number of nitrogens with one attached hydrogen (secondary N) is 1. The third-order valence-electron chi connectivity index (χ3n) is 5.40. The first-order valence-corrected chi connectivity index (χ1v) is 10.7. The lowest BCUT2D eigenvalue weighted by molar-refractivity contribution is 0.102. The number of amides is 1. The molecular formula is C23H21ClF3N5O. The Balaban J connectivity index is 1.64. The van der Waals surface area contributed by atoms with Gasteiger partial charge in [0, 0.05) is 30.4 Å². The fourth-order valence-electron chi connectivity index (χ4n) is 4.05. The van der Waals surface area contributed by atoms with E-state index in [1.54, 1.807) is 12.3 Å². The van der Waals surface area contributed by atoms with E-state index < -0.39 is 34.6 Å². The molecular weight excluding hydrogens is 455 g/mol. The van der Waals surface area contributed by atoms with Gasteiger partial charge in [-0.25, -0.2) is 18.2 Å². The molecule has 33 heavy (non-hydrogen) atoms. The third kappa shape index (κ3) is 4.94. The van der Waals surface area contributed by atoms with E-state index in [1.807, 2.05) is 0 Å². The van der Waals surface area contributed by atoms with Gasteiger partial charge < -0.3 is 16.0 Å². The molecule has 3 aromatic rings. The molecule has 0 aliphatic carbocycles. The highest BCUT2D eigenvalue weighted by Gasteiger charge is 2.25. The van der Waals surface area contributed by atoms with Crippen molar-refractivity contribution in [2.45, 2.75) is 19.4 Å². The summed E-state index contributed by atoms with van der Waals surface area (Å²) in [4.78, 5) is 23.0. The van der Waals surface area contributed by atoms with Gasteiger partial charge in [0.1, 0.15) is 28.8 Å². The molecule has 0 unspecified atom stereocenters. The van der Waals surface area contributed by atoms with E-state index >= 15 is 0 Å². The van der Waals surface area contributed by atoms with Gasteiger partial charge >= 0.3 is 0 Å². The van der Waals surface area contributed by atoms with Crippen LogP contribution in [0.1, 0.15) is 23.8 Å². The lowest BCUT2D eigenvalue weighted by Crippen LogP contribution is -2.46. The van der Waals surface area contributed by atoms with E-state index in [-0.39, 0.29) is 16.8 Å². The number of hydrogen-bond donors (Lipinski definition) is 2. The average Bonchev–Trinajstić information content (AvgIpc) is 2.74. The number of pyridine rings is 2. The van der Waals surface area contributed by atoms with Crippen molar-refractivity contribution in [3.8, 4) is 11.3 Å². The Kier molecular flexibility index (Phi) is 6.53. The molecule has 1 aliphatic rings. The number of hydrogen-bond acceptors (Lipinski definition) is 5. The van der Waals surface area contributed by atoms with E-state index in [0.29, 0.717) is 18.2 Å². The number of carbonyl (C=O) groups excluding carboxylic acids is 1. The fourth-order valence-corrected chi connectivity index (χ4v) is 4.25. The summed E-state index contributed by atoms with van der Waals surface area (Å²) in [5.41, 5.74) is 5.75. The molecule has 0 spiro atoms. The molecule has 0 bridgehead atoms. The Bertz CT molecular complexity index is 1180. The van der Waals surface area contributed by atoms with Crippen LogP contribution in [0.5, 0.6) is 0 Å². The molecule has 172 valence electrons. The van der Waals surface area contributed by atoms with Crippen LogP contribution in [0, 0.1) is 23.4 Å². The number of carbonyl (C=O) groups is 1. The lowest BCUT2D eigenvalue weighted by Gasteiger charge is -2.37. The summed E-state index contributed by atoms with van der Waals surface area (Å²) in [6.07, 6.45) is 4.00. The molecule has 1 aromatic carbocycles. The predicted octanol–water partition coefficient (Wildman–Crippen LogP) is 4.64. The molecule has 3 N–H and O–H groups in total. The Hall–Kier alpha value is -3.17. The summed E-state index contributed by atoms with van der Waals surface area (Å²) >= 11 is 5.64. The number of halogens is 4. The zero-order valence-electron chi connectivity index (χ0n) is 17.7. The molecule has 6 nitrogen and oxygen atoms in total. The average molecular weight is 476 g/mol. The molecule has 1 saturated heterocycles. The molecule has 3 heterocycles. The van der Waals surface area contributed by atoms with Crippen LogP contribution in [0.25, 0.3) is 11.3 Å². The zero-order chi connectivity index (χ0) is 23.7. The van der Waals surface area contributed by atoms with Gasteiger partial charge in [0.2, 0.25) is 0 Å². The maximum atomic E-state index is 14.4. The van der Waals surface area contributed by atoms with E-state index in [0.717, 1.165) is 42.9 Å². The number of piperidine rings is 1. The van der Waals surface area contributed by atoms with Crippen molar-refractivity contribution in [1.29, 1.82) is 0 Å². The summed E-state index contributed by atoms with van der Waals surface area (Å²) in [5.74, 6) is -3.47. The molecule has 10 heteroatoms. The molecule has 1 aliphatic heterocycles. The van der Waals surface area contributed by atoms with Crippen LogP contribution in [0.3, 0.4) is 0 Å². The van der Waals surface area contributed by atoms with E-state index in [2.05, 4.69) is 27.1 Å². The molecule has 0 saturated carbocycles. The maximum absolute atomic E-state index is 14.4. The number of nitrogens with two attached hydrogens (primary N) is 1. The molecule has 0 radical (unpaired) electrons. The van der Waals surface area contributed by atoms with Crippen LogP contribution in [-0.2, 0) is 0 Å². The van der Waals surface area contributed by atoms with Crippen molar-refractivity contribution in [3.05, 3.63) is 70.9 Å². The predicted molar refractivity (Wildman–Crippen MR) is 121 cm³/mol. The summed E-state index contributed by atoms with van der Waals surface area (Å²) in [7, 11) is 0. The lowest BCUT2D eigenvalue weighted by atomic mass is 9.96. The van der Waals surface area contributed by atoms with Crippen molar-refractivity contribution in [2.24, 2.45) is 11.7 Å². The van der Waals surface area contributed by atoms with Gasteiger partial charge in [-0.15, -0.1) is 0 Å². The van der Waals surface area contributed by atoms with Gasteiger partial charge in [-0.05, 0) is 42.7 Å². The number of nitrogens with zero attached hydrogens (tertiary/aromatic N) is 3. The standard InChI is InChI=1S/C23H21ClF3N5O/c1-12-6-14(28)11-32(10-12)20-4-5-29-9-19(20)31-23(33)18-3-2-15(25)22(30-18)21-16(26)7-13(24)8-17(21)27/h2-5,7-9,12,14H,6,10-11,28H2,1H3,(H,31,33)/t12-,14+/m1/s1. The summed E-state index contributed by atoms with van der Waals surface area (Å²) in [5, 5.41) is 2.53. The first kappa shape index (κ1) is 23.0. The normalized spacial score (nSPS) is 18.3. The monoisotopic (exact) mass is 475 g/mol. The van der Waals surface area contributed by atoms with Gasteiger partial charge in [0.25, 0.3) is 5.91 Å². The van der Waals surface area contributed by atoms with Crippen LogP contribution in [-0.4, -0.2) is 35.0 Å². The second kappa shape index (κ2) is 9.36. The Morgan fingerprint density at radius 2 is 1.88 bits per heavy atom. The summed E-state index contributed by atoms with van der Waals surface area (Å²) < 4.78 is 43.0. The fraction of sp³-hybridized carbons (Fsp3) is 0.261. The van der Waals surface area contributed by atoms with Crippen molar-refractivity contribution >= 4 is 28.9 Å². The van der Waals surface area contributed by atoms with E-state index in [9.17, 15) is 18.0 Å². The van der Waals surface area contributed by atoms with E-state index in [1.165, 1.54) is 6.20 Å². The quantitative estimate of drug-likeness (QED) is 0.574. The van der Waals surface area contributed by atoms with Crippen LogP contribution in [0.2, 0.25) is 5.02 Å². The minimum Gasteiger partial charge on any atom is -0.368 e. The van der Waals surface area contributed by atoms with Gasteiger partial charge in [-0.1, -0.05) is 18.5 Å². The van der Waals surface area contributed by atoms with Crippen molar-refractivity contribution in [3.63, 3.8) is 0 Å². The second-order valence-electron chi connectivity index (χ2n) is 8.12. The number of anilines is 2. The molecule has 1 amide bonds. The van der Waals surface area contributed by atoms with E-state index in [4.69, 9.17) is 17.3 Å². The first-order chi connectivity index (χ1) is 15.7. The largest absolute Gasteiger partial charge is 0.368 e. The molecule has 2 atom stereocenters. The number of aromatic nitrogens is 2. The topological polar surface area (TPSA) is 84.1 Å². The summed E-state index contributed by atoms with van der Waals surface area (Å²) in [6.45, 7) is 3.48. The van der Waals surface area contributed by atoms with Crippen LogP contribution in [0.15, 0.2) is 42.7 Å². The molecule has 2 aromatic heterocycles.